The molecule has 0 fully saturated rings. The van der Waals surface area contributed by atoms with Gasteiger partial charge in [-0.3, -0.25) is 4.72 Å². The molecule has 124 valence electrons. The van der Waals surface area contributed by atoms with Crippen LogP contribution in [0.15, 0.2) is 74.0 Å². The summed E-state index contributed by atoms with van der Waals surface area (Å²) >= 11 is 2.87. The minimum absolute atomic E-state index is 0.316. The summed E-state index contributed by atoms with van der Waals surface area (Å²) in [4.78, 5) is 2.27. The third kappa shape index (κ3) is 4.01. The number of sulfonamides is 1. The highest BCUT2D eigenvalue weighted by Gasteiger charge is 2.14. The maximum Gasteiger partial charge on any atom is 0.271 e. The smallest absolute Gasteiger partial charge is 0.271 e. The maximum absolute atomic E-state index is 12.2. The lowest BCUT2D eigenvalue weighted by molar-refractivity contribution is 0.603. The zero-order chi connectivity index (χ0) is 17.2. The van der Waals surface area contributed by atoms with Crippen molar-refractivity contribution in [3.05, 3.63) is 71.1 Å². The molecule has 0 radical (unpaired) electrons. The van der Waals surface area contributed by atoms with Crippen molar-refractivity contribution in [2.45, 2.75) is 27.8 Å². The number of benzene rings is 2. The van der Waals surface area contributed by atoms with E-state index in [-0.39, 0.29) is 0 Å². The minimum atomic E-state index is -3.49. The van der Waals surface area contributed by atoms with E-state index in [9.17, 15) is 8.42 Å². The Hall–Kier alpha value is -1.76. The normalized spacial score (nSPS) is 11.4. The summed E-state index contributed by atoms with van der Waals surface area (Å²) in [5.74, 6) is 0. The van der Waals surface area contributed by atoms with Crippen LogP contribution in [0.25, 0.3) is 0 Å². The molecule has 0 aliphatic carbocycles. The van der Waals surface area contributed by atoms with Gasteiger partial charge in [-0.1, -0.05) is 35.5 Å². The van der Waals surface area contributed by atoms with E-state index < -0.39 is 10.0 Å². The minimum Gasteiger partial charge on any atom is -0.279 e. The topological polar surface area (TPSA) is 46.2 Å². The average Bonchev–Trinajstić information content (AvgIpc) is 3.07. The van der Waals surface area contributed by atoms with E-state index in [1.807, 2.05) is 12.1 Å². The fraction of sp³-hybridized carbons (Fsp3) is 0.111. The van der Waals surface area contributed by atoms with Crippen LogP contribution in [0.2, 0.25) is 0 Å². The number of hydrogen-bond acceptors (Lipinski definition) is 4. The zero-order valence-corrected chi connectivity index (χ0v) is 15.8. The maximum atomic E-state index is 12.2. The Balaban J connectivity index is 1.74. The van der Waals surface area contributed by atoms with Gasteiger partial charge in [-0.15, -0.1) is 11.3 Å². The predicted molar refractivity (Wildman–Crippen MR) is 102 cm³/mol. The van der Waals surface area contributed by atoms with E-state index in [1.165, 1.54) is 27.4 Å². The van der Waals surface area contributed by atoms with Crippen LogP contribution in [0, 0.1) is 13.8 Å². The number of thiophene rings is 1. The molecule has 1 N–H and O–H groups in total. The molecule has 2 aromatic carbocycles. The summed E-state index contributed by atoms with van der Waals surface area (Å²) in [6.07, 6.45) is 0. The largest absolute Gasteiger partial charge is 0.279 e. The molecule has 6 heteroatoms. The molecular weight excluding hydrogens is 358 g/mol. The first-order valence-corrected chi connectivity index (χ1v) is 10.5. The zero-order valence-electron chi connectivity index (χ0n) is 13.3. The highest BCUT2D eigenvalue weighted by molar-refractivity contribution is 7.99. The Morgan fingerprint density at radius 1 is 1.00 bits per heavy atom. The van der Waals surface area contributed by atoms with Crippen LogP contribution < -0.4 is 4.72 Å². The Bertz CT molecular complexity index is 931. The monoisotopic (exact) mass is 375 g/mol. The molecule has 0 aliphatic heterocycles. The lowest BCUT2D eigenvalue weighted by Crippen LogP contribution is -2.11. The van der Waals surface area contributed by atoms with Crippen LogP contribution in [0.4, 0.5) is 5.69 Å². The number of anilines is 1. The van der Waals surface area contributed by atoms with Gasteiger partial charge in [-0.25, -0.2) is 8.42 Å². The second-order valence-electron chi connectivity index (χ2n) is 5.43. The molecule has 3 rings (SSSR count). The van der Waals surface area contributed by atoms with Crippen molar-refractivity contribution in [3.8, 4) is 0 Å². The predicted octanol–water partition coefficient (Wildman–Crippen LogP) is 5.32. The third-order valence-corrected chi connectivity index (χ3v) is 7.39. The first-order valence-electron chi connectivity index (χ1n) is 7.35. The van der Waals surface area contributed by atoms with Crippen LogP contribution >= 0.6 is 23.1 Å². The Morgan fingerprint density at radius 3 is 2.38 bits per heavy atom. The van der Waals surface area contributed by atoms with Gasteiger partial charge in [0.2, 0.25) is 0 Å². The number of hydrogen-bond donors (Lipinski definition) is 1. The molecule has 0 amide bonds. The molecule has 0 bridgehead atoms. The van der Waals surface area contributed by atoms with E-state index in [0.717, 1.165) is 4.90 Å². The van der Waals surface area contributed by atoms with Crippen molar-refractivity contribution in [2.75, 3.05) is 4.72 Å². The summed E-state index contributed by atoms with van der Waals surface area (Å²) in [6.45, 7) is 4.18. The van der Waals surface area contributed by atoms with Crippen molar-refractivity contribution in [3.63, 3.8) is 0 Å². The van der Waals surface area contributed by atoms with Gasteiger partial charge in [-0.2, -0.15) is 0 Å². The van der Waals surface area contributed by atoms with Gasteiger partial charge >= 0.3 is 0 Å². The van der Waals surface area contributed by atoms with E-state index in [0.29, 0.717) is 9.90 Å². The summed E-state index contributed by atoms with van der Waals surface area (Å²) in [7, 11) is -3.49. The van der Waals surface area contributed by atoms with Gasteiger partial charge < -0.3 is 0 Å². The van der Waals surface area contributed by atoms with Crippen LogP contribution in [0.3, 0.4) is 0 Å². The quantitative estimate of drug-likeness (QED) is 0.657. The van der Waals surface area contributed by atoms with Gasteiger partial charge in [0.05, 0.1) is 0 Å². The molecule has 24 heavy (non-hydrogen) atoms. The van der Waals surface area contributed by atoms with Gasteiger partial charge in [0, 0.05) is 15.5 Å². The molecule has 3 aromatic rings. The van der Waals surface area contributed by atoms with Crippen LogP contribution in [-0.2, 0) is 10.0 Å². The molecule has 3 nitrogen and oxygen atoms in total. The molecule has 0 spiro atoms. The first-order chi connectivity index (χ1) is 11.4. The molecule has 0 aliphatic rings. The highest BCUT2D eigenvalue weighted by Crippen LogP contribution is 2.31. The standard InChI is InChI=1S/C18H17NO2S3/c1-13-5-10-17(14(2)12-13)23-16-8-6-15(7-9-16)19-24(20,21)18-4-3-11-22-18/h3-12,19H,1-2H3. The van der Waals surface area contributed by atoms with Crippen molar-refractivity contribution >= 4 is 38.8 Å². The van der Waals surface area contributed by atoms with Gasteiger partial charge in [0.25, 0.3) is 10.0 Å². The highest BCUT2D eigenvalue weighted by atomic mass is 32.2. The van der Waals surface area contributed by atoms with Crippen molar-refractivity contribution in [1.29, 1.82) is 0 Å². The van der Waals surface area contributed by atoms with E-state index in [2.05, 4.69) is 36.8 Å². The molecule has 1 heterocycles. The Labute approximate surface area is 150 Å². The fourth-order valence-corrected chi connectivity index (χ4v) is 5.19. The molecule has 0 saturated carbocycles. The van der Waals surface area contributed by atoms with Gasteiger partial charge in [-0.05, 0) is 61.2 Å². The summed E-state index contributed by atoms with van der Waals surface area (Å²) < 4.78 is 27.3. The second kappa shape index (κ2) is 7.01. The van der Waals surface area contributed by atoms with Crippen LogP contribution in [0.5, 0.6) is 0 Å². The molecular formula is C18H17NO2S3. The van der Waals surface area contributed by atoms with E-state index in [1.54, 1.807) is 41.4 Å². The Kier molecular flexibility index (Phi) is 4.99. The van der Waals surface area contributed by atoms with Crippen LogP contribution in [0.1, 0.15) is 11.1 Å². The molecule has 0 atom stereocenters. The van der Waals surface area contributed by atoms with Crippen LogP contribution in [-0.4, -0.2) is 8.42 Å². The second-order valence-corrected chi connectivity index (χ2v) is 9.41. The lowest BCUT2D eigenvalue weighted by Gasteiger charge is -2.09. The van der Waals surface area contributed by atoms with Gasteiger partial charge in [0.15, 0.2) is 0 Å². The number of nitrogens with one attached hydrogen (secondary N) is 1. The number of rotatable bonds is 5. The Morgan fingerprint density at radius 2 is 1.75 bits per heavy atom. The average molecular weight is 376 g/mol. The fourth-order valence-electron chi connectivity index (χ4n) is 2.25. The SMILES string of the molecule is Cc1ccc(Sc2ccc(NS(=O)(=O)c3cccs3)cc2)c(C)c1. The third-order valence-electron chi connectivity index (χ3n) is 3.42. The molecule has 0 saturated heterocycles. The molecule has 1 aromatic heterocycles. The first kappa shape index (κ1) is 17.1. The van der Waals surface area contributed by atoms with Crippen molar-refractivity contribution in [2.24, 2.45) is 0 Å². The molecule has 0 unspecified atom stereocenters. The van der Waals surface area contributed by atoms with E-state index in [4.69, 9.17) is 0 Å². The lowest BCUT2D eigenvalue weighted by atomic mass is 10.2. The van der Waals surface area contributed by atoms with Crippen molar-refractivity contribution in [1.82, 2.24) is 0 Å². The summed E-state index contributed by atoms with van der Waals surface area (Å²) in [6, 6.07) is 17.1. The van der Waals surface area contributed by atoms with Crippen molar-refractivity contribution < 1.29 is 8.42 Å². The summed E-state index contributed by atoms with van der Waals surface area (Å²) in [5.41, 5.74) is 3.05. The number of aryl methyl sites for hydroxylation is 2. The van der Waals surface area contributed by atoms with E-state index >= 15 is 0 Å². The summed E-state index contributed by atoms with van der Waals surface area (Å²) in [5, 5.41) is 1.75. The van der Waals surface area contributed by atoms with Gasteiger partial charge in [0.1, 0.15) is 4.21 Å².